The first kappa shape index (κ1) is 14.8. The van der Waals surface area contributed by atoms with E-state index in [0.717, 1.165) is 12.1 Å². The molecule has 0 bridgehead atoms. The van der Waals surface area contributed by atoms with E-state index in [4.69, 9.17) is 10.9 Å². The molecule has 0 amide bonds. The van der Waals surface area contributed by atoms with Crippen molar-refractivity contribution in [1.82, 2.24) is 5.32 Å². The molecule has 6 heteroatoms. The van der Waals surface area contributed by atoms with Gasteiger partial charge in [-0.05, 0) is 30.0 Å². The summed E-state index contributed by atoms with van der Waals surface area (Å²) in [5.74, 6) is -0.484. The van der Waals surface area contributed by atoms with Crippen molar-refractivity contribution in [2.24, 2.45) is 10.9 Å². The molecule has 0 radical (unpaired) electrons. The van der Waals surface area contributed by atoms with Crippen molar-refractivity contribution < 1.29 is 9.60 Å². The van der Waals surface area contributed by atoms with E-state index in [2.05, 4.69) is 17.4 Å². The number of thioether (sulfide) groups is 1. The Morgan fingerprint density at radius 3 is 2.89 bits per heavy atom. The van der Waals surface area contributed by atoms with Gasteiger partial charge >= 0.3 is 0 Å². The van der Waals surface area contributed by atoms with Crippen LogP contribution in [0.2, 0.25) is 0 Å². The number of hydrogen-bond donors (Lipinski definition) is 3. The highest BCUT2D eigenvalue weighted by molar-refractivity contribution is 7.99. The molecule has 100 valence electrons. The highest BCUT2D eigenvalue weighted by Gasteiger charge is 2.05. The number of rotatable bonds is 6. The summed E-state index contributed by atoms with van der Waals surface area (Å²) < 4.78 is 13.4. The second kappa shape index (κ2) is 7.23. The maximum atomic E-state index is 13.4. The van der Waals surface area contributed by atoms with Gasteiger partial charge in [0.15, 0.2) is 5.84 Å². The van der Waals surface area contributed by atoms with Crippen molar-refractivity contribution >= 4 is 17.6 Å². The minimum absolute atomic E-state index is 0.0896. The molecular formula is C12H18FN3OS. The fourth-order valence-corrected chi connectivity index (χ4v) is 1.75. The molecule has 0 aromatic heterocycles. The van der Waals surface area contributed by atoms with E-state index in [-0.39, 0.29) is 5.84 Å². The van der Waals surface area contributed by atoms with Gasteiger partial charge in [0, 0.05) is 23.9 Å². The van der Waals surface area contributed by atoms with Crippen LogP contribution in [-0.4, -0.2) is 29.1 Å². The number of nitrogens with two attached hydrogens (primary N) is 1. The first-order chi connectivity index (χ1) is 8.56. The summed E-state index contributed by atoms with van der Waals surface area (Å²) in [6, 6.07) is 4.38. The van der Waals surface area contributed by atoms with Crippen LogP contribution in [0.5, 0.6) is 0 Å². The molecule has 18 heavy (non-hydrogen) atoms. The molecule has 1 aromatic rings. The Kier molecular flexibility index (Phi) is 5.94. The van der Waals surface area contributed by atoms with Crippen LogP contribution in [0, 0.1) is 5.82 Å². The topological polar surface area (TPSA) is 70.6 Å². The van der Waals surface area contributed by atoms with Crippen molar-refractivity contribution in [3.05, 3.63) is 35.1 Å². The molecule has 0 saturated carbocycles. The molecule has 0 heterocycles. The normalized spacial score (nSPS) is 13.6. The van der Waals surface area contributed by atoms with Crippen molar-refractivity contribution in [3.8, 4) is 0 Å². The van der Waals surface area contributed by atoms with Crippen LogP contribution < -0.4 is 11.1 Å². The number of halogens is 1. The van der Waals surface area contributed by atoms with Crippen LogP contribution in [-0.2, 0) is 6.54 Å². The Hall–Kier alpha value is -1.27. The van der Waals surface area contributed by atoms with E-state index >= 15 is 0 Å². The molecule has 0 aliphatic heterocycles. The van der Waals surface area contributed by atoms with Crippen molar-refractivity contribution in [3.63, 3.8) is 0 Å². The molecule has 0 spiro atoms. The Balaban J connectivity index is 2.69. The lowest BCUT2D eigenvalue weighted by molar-refractivity contribution is 0.318. The molecule has 1 unspecified atom stereocenters. The standard InChI is InChI=1S/C12H18FN3OS/c1-8(18-2)6-15-7-9-3-10(12(14)16-17)5-11(13)4-9/h3-5,8,15,17H,6-7H2,1-2H3,(H2,14,16). The van der Waals surface area contributed by atoms with Gasteiger partial charge < -0.3 is 16.3 Å². The van der Waals surface area contributed by atoms with E-state index in [1.165, 1.54) is 12.1 Å². The minimum atomic E-state index is -0.395. The average Bonchev–Trinajstić information content (AvgIpc) is 2.36. The number of benzene rings is 1. The number of hydrogen-bond acceptors (Lipinski definition) is 4. The van der Waals surface area contributed by atoms with Crippen molar-refractivity contribution in [2.45, 2.75) is 18.7 Å². The molecule has 4 N–H and O–H groups in total. The third-order valence-corrected chi connectivity index (χ3v) is 3.50. The van der Waals surface area contributed by atoms with Gasteiger partial charge in [-0.25, -0.2) is 4.39 Å². The van der Waals surface area contributed by atoms with Gasteiger partial charge in [0.25, 0.3) is 0 Å². The zero-order valence-electron chi connectivity index (χ0n) is 10.5. The highest BCUT2D eigenvalue weighted by atomic mass is 32.2. The second-order valence-corrected chi connectivity index (χ2v) is 5.29. The van der Waals surface area contributed by atoms with E-state index in [1.54, 1.807) is 17.8 Å². The fraction of sp³-hybridized carbons (Fsp3) is 0.417. The Bertz CT molecular complexity index is 426. The number of oxime groups is 1. The third-order valence-electron chi connectivity index (χ3n) is 2.52. The molecule has 0 aliphatic rings. The van der Waals surface area contributed by atoms with Crippen molar-refractivity contribution in [1.29, 1.82) is 0 Å². The second-order valence-electron chi connectivity index (χ2n) is 4.01. The van der Waals surface area contributed by atoms with Gasteiger partial charge in [0.2, 0.25) is 0 Å². The summed E-state index contributed by atoms with van der Waals surface area (Å²) in [6.45, 7) is 3.51. The first-order valence-corrected chi connectivity index (χ1v) is 6.86. The lowest BCUT2D eigenvalue weighted by Gasteiger charge is -2.10. The minimum Gasteiger partial charge on any atom is -0.409 e. The predicted molar refractivity (Wildman–Crippen MR) is 73.6 cm³/mol. The molecule has 0 fully saturated rings. The summed E-state index contributed by atoms with van der Waals surface area (Å²) >= 11 is 1.77. The smallest absolute Gasteiger partial charge is 0.170 e. The highest BCUT2D eigenvalue weighted by Crippen LogP contribution is 2.10. The molecule has 4 nitrogen and oxygen atoms in total. The Labute approximate surface area is 110 Å². The summed E-state index contributed by atoms with van der Waals surface area (Å²) in [7, 11) is 0. The predicted octanol–water partition coefficient (Wildman–Crippen LogP) is 1.76. The van der Waals surface area contributed by atoms with Crippen LogP contribution in [0.25, 0.3) is 0 Å². The van der Waals surface area contributed by atoms with Gasteiger partial charge in [-0.3, -0.25) is 0 Å². The summed E-state index contributed by atoms with van der Waals surface area (Å²) in [6.07, 6.45) is 2.05. The van der Waals surface area contributed by atoms with Crippen LogP contribution in [0.3, 0.4) is 0 Å². The van der Waals surface area contributed by atoms with Gasteiger partial charge in [-0.2, -0.15) is 11.8 Å². The van der Waals surface area contributed by atoms with Gasteiger partial charge in [0.05, 0.1) is 0 Å². The zero-order chi connectivity index (χ0) is 13.5. The maximum Gasteiger partial charge on any atom is 0.170 e. The van der Waals surface area contributed by atoms with Crippen LogP contribution in [0.15, 0.2) is 23.4 Å². The quantitative estimate of drug-likeness (QED) is 0.319. The van der Waals surface area contributed by atoms with Gasteiger partial charge in [0.1, 0.15) is 5.82 Å². The summed E-state index contributed by atoms with van der Waals surface area (Å²) in [4.78, 5) is 0. The lowest BCUT2D eigenvalue weighted by Crippen LogP contribution is -2.22. The molecule has 0 saturated heterocycles. The van der Waals surface area contributed by atoms with E-state index in [9.17, 15) is 4.39 Å². The third kappa shape index (κ3) is 4.54. The fourth-order valence-electron chi connectivity index (χ4n) is 1.46. The molecular weight excluding hydrogens is 253 g/mol. The zero-order valence-corrected chi connectivity index (χ0v) is 11.3. The van der Waals surface area contributed by atoms with Crippen LogP contribution in [0.4, 0.5) is 4.39 Å². The molecule has 1 aromatic carbocycles. The number of nitrogens with zero attached hydrogens (tertiary/aromatic N) is 1. The average molecular weight is 271 g/mol. The largest absolute Gasteiger partial charge is 0.409 e. The lowest BCUT2D eigenvalue weighted by atomic mass is 10.1. The Morgan fingerprint density at radius 2 is 2.28 bits per heavy atom. The van der Waals surface area contributed by atoms with Gasteiger partial charge in [-0.1, -0.05) is 12.1 Å². The monoisotopic (exact) mass is 271 g/mol. The Morgan fingerprint density at radius 1 is 1.56 bits per heavy atom. The van der Waals surface area contributed by atoms with E-state index in [1.807, 2.05) is 6.26 Å². The summed E-state index contributed by atoms with van der Waals surface area (Å²) in [5, 5.41) is 15.2. The molecule has 1 atom stereocenters. The maximum absolute atomic E-state index is 13.4. The van der Waals surface area contributed by atoms with Crippen LogP contribution >= 0.6 is 11.8 Å². The van der Waals surface area contributed by atoms with Gasteiger partial charge in [-0.15, -0.1) is 0 Å². The SMILES string of the molecule is CSC(C)CNCc1cc(F)cc(/C(N)=N/O)c1. The van der Waals surface area contributed by atoms with E-state index < -0.39 is 5.82 Å². The first-order valence-electron chi connectivity index (χ1n) is 5.57. The number of amidine groups is 1. The van der Waals surface area contributed by atoms with Crippen molar-refractivity contribution in [2.75, 3.05) is 12.8 Å². The van der Waals surface area contributed by atoms with E-state index in [0.29, 0.717) is 17.4 Å². The molecule has 1 rings (SSSR count). The van der Waals surface area contributed by atoms with Crippen LogP contribution in [0.1, 0.15) is 18.1 Å². The number of nitrogens with one attached hydrogen (secondary N) is 1. The molecule has 0 aliphatic carbocycles. The summed E-state index contributed by atoms with van der Waals surface area (Å²) in [5.41, 5.74) is 6.59.